The summed E-state index contributed by atoms with van der Waals surface area (Å²) in [6.45, 7) is 9.70. The first-order valence-electron chi connectivity index (χ1n) is 7.29. The van der Waals surface area contributed by atoms with Crippen LogP contribution in [-0.4, -0.2) is 31.6 Å². The molecule has 0 saturated heterocycles. The highest BCUT2D eigenvalue weighted by molar-refractivity contribution is 5.91. The summed E-state index contributed by atoms with van der Waals surface area (Å²) in [4.78, 5) is 0. The van der Waals surface area contributed by atoms with Crippen molar-refractivity contribution in [3.05, 3.63) is 35.6 Å². The number of rotatable bonds is 9. The molecule has 0 aliphatic carbocycles. The van der Waals surface area contributed by atoms with E-state index in [0.29, 0.717) is 25.7 Å². The van der Waals surface area contributed by atoms with Crippen LogP contribution in [0.1, 0.15) is 27.7 Å². The zero-order valence-electron chi connectivity index (χ0n) is 13.6. The third-order valence-electron chi connectivity index (χ3n) is 2.75. The molecule has 0 aromatic heterocycles. The van der Waals surface area contributed by atoms with Gasteiger partial charge >= 0.3 is 0 Å². The molecule has 0 aromatic rings. The Hall–Kier alpha value is -1.43. The van der Waals surface area contributed by atoms with Gasteiger partial charge in [-0.1, -0.05) is 26.0 Å². The number of amidine groups is 1. The van der Waals surface area contributed by atoms with Gasteiger partial charge < -0.3 is 21.5 Å². The van der Waals surface area contributed by atoms with Crippen molar-refractivity contribution in [3.63, 3.8) is 0 Å². The van der Waals surface area contributed by atoms with Crippen molar-refractivity contribution >= 4 is 5.84 Å². The minimum absolute atomic E-state index is 0.181. The third kappa shape index (κ3) is 10.0. The van der Waals surface area contributed by atoms with E-state index in [1.54, 1.807) is 12.3 Å². The molecule has 0 aliphatic heterocycles. The van der Waals surface area contributed by atoms with Crippen molar-refractivity contribution in [2.45, 2.75) is 33.7 Å². The Morgan fingerprint density at radius 3 is 2.48 bits per heavy atom. The second-order valence-electron chi connectivity index (χ2n) is 5.41. The van der Waals surface area contributed by atoms with E-state index in [9.17, 15) is 0 Å². The van der Waals surface area contributed by atoms with Crippen LogP contribution in [0.15, 0.2) is 35.6 Å². The van der Waals surface area contributed by atoms with Crippen LogP contribution in [0.25, 0.3) is 0 Å². The lowest BCUT2D eigenvalue weighted by molar-refractivity contribution is 0.105. The fraction of sp³-hybridized carbons (Fsp3) is 0.562. The van der Waals surface area contributed by atoms with Crippen molar-refractivity contribution in [2.24, 2.45) is 17.4 Å². The van der Waals surface area contributed by atoms with Crippen LogP contribution in [0.5, 0.6) is 0 Å². The van der Waals surface area contributed by atoms with E-state index in [4.69, 9.17) is 21.6 Å². The highest BCUT2D eigenvalue weighted by Gasteiger charge is 2.06. The highest BCUT2D eigenvalue weighted by atomic mass is 16.5. The standard InChI is InChI=1S/C16H30N4O/c1-5-14(15(18)11-21-10-12(2)3)6-7-16(19)20-9-13(4)8-17/h5-7,9,12,15H,8,10-11,17-18H2,1-4H3,(H2,19,20)/b7-6-,13-9+,14-5+. The van der Waals surface area contributed by atoms with Crippen molar-refractivity contribution in [1.82, 2.24) is 5.32 Å². The number of nitrogens with one attached hydrogen (secondary N) is 2. The molecule has 0 rings (SSSR count). The Balaban J connectivity index is 4.35. The molecule has 0 fully saturated rings. The van der Waals surface area contributed by atoms with E-state index in [2.05, 4.69) is 19.2 Å². The molecule has 5 nitrogen and oxygen atoms in total. The zero-order chi connectivity index (χ0) is 16.3. The van der Waals surface area contributed by atoms with Crippen LogP contribution in [0, 0.1) is 11.3 Å². The van der Waals surface area contributed by atoms with E-state index < -0.39 is 0 Å². The SMILES string of the molecule is C/C=C(\C=C/C(=N)N/C=C(\C)CN)C(N)COCC(C)C. The molecular weight excluding hydrogens is 264 g/mol. The van der Waals surface area contributed by atoms with E-state index in [1.807, 2.05) is 26.0 Å². The van der Waals surface area contributed by atoms with E-state index >= 15 is 0 Å². The molecule has 120 valence electrons. The van der Waals surface area contributed by atoms with Gasteiger partial charge in [-0.3, -0.25) is 5.41 Å². The zero-order valence-corrected chi connectivity index (χ0v) is 13.6. The first-order valence-corrected chi connectivity index (χ1v) is 7.29. The molecule has 6 N–H and O–H groups in total. The Morgan fingerprint density at radius 2 is 1.95 bits per heavy atom. The molecule has 0 aliphatic rings. The molecule has 0 spiro atoms. The van der Waals surface area contributed by atoms with Crippen molar-refractivity contribution < 1.29 is 4.74 Å². The maximum absolute atomic E-state index is 7.78. The molecule has 0 amide bonds. The molecule has 1 atom stereocenters. The average Bonchev–Trinajstić information content (AvgIpc) is 2.44. The molecule has 0 saturated carbocycles. The summed E-state index contributed by atoms with van der Waals surface area (Å²) < 4.78 is 5.55. The molecule has 21 heavy (non-hydrogen) atoms. The summed E-state index contributed by atoms with van der Waals surface area (Å²) in [5, 5.41) is 10.6. The number of ether oxygens (including phenoxy) is 1. The van der Waals surface area contributed by atoms with Gasteiger partial charge in [0.15, 0.2) is 0 Å². The number of hydrogen-bond acceptors (Lipinski definition) is 4. The van der Waals surface area contributed by atoms with Gasteiger partial charge in [0.2, 0.25) is 0 Å². The van der Waals surface area contributed by atoms with Gasteiger partial charge in [-0.15, -0.1) is 0 Å². The first-order chi connectivity index (χ1) is 9.90. The van der Waals surface area contributed by atoms with E-state index in [1.165, 1.54) is 0 Å². The molecule has 0 aromatic carbocycles. The van der Waals surface area contributed by atoms with Gasteiger partial charge in [-0.25, -0.2) is 0 Å². The minimum atomic E-state index is -0.181. The van der Waals surface area contributed by atoms with Crippen LogP contribution in [0.3, 0.4) is 0 Å². The minimum Gasteiger partial charge on any atom is -0.379 e. The van der Waals surface area contributed by atoms with Gasteiger partial charge in [0.05, 0.1) is 12.6 Å². The summed E-state index contributed by atoms with van der Waals surface area (Å²) in [6, 6.07) is -0.181. The number of allylic oxidation sites excluding steroid dienone is 1. The monoisotopic (exact) mass is 294 g/mol. The predicted octanol–water partition coefficient (Wildman–Crippen LogP) is 1.92. The fourth-order valence-electron chi connectivity index (χ4n) is 1.45. The van der Waals surface area contributed by atoms with Crippen LogP contribution >= 0.6 is 0 Å². The van der Waals surface area contributed by atoms with E-state index in [0.717, 1.165) is 11.1 Å². The Morgan fingerprint density at radius 1 is 1.29 bits per heavy atom. The van der Waals surface area contributed by atoms with E-state index in [-0.39, 0.29) is 11.9 Å². The second kappa shape index (κ2) is 11.3. The van der Waals surface area contributed by atoms with Crippen LogP contribution in [0.2, 0.25) is 0 Å². The average molecular weight is 294 g/mol. The van der Waals surface area contributed by atoms with Gasteiger partial charge in [0, 0.05) is 19.4 Å². The van der Waals surface area contributed by atoms with Gasteiger partial charge in [0.25, 0.3) is 0 Å². The Bertz CT molecular complexity index is 397. The lowest BCUT2D eigenvalue weighted by atomic mass is 10.1. The number of hydrogen-bond donors (Lipinski definition) is 4. The van der Waals surface area contributed by atoms with Crippen LogP contribution in [0.4, 0.5) is 0 Å². The van der Waals surface area contributed by atoms with Crippen molar-refractivity contribution in [1.29, 1.82) is 5.41 Å². The quantitative estimate of drug-likeness (QED) is 0.297. The lowest BCUT2D eigenvalue weighted by Gasteiger charge is -2.14. The Labute approximate surface area is 128 Å². The molecular formula is C16H30N4O. The molecule has 5 heteroatoms. The summed E-state index contributed by atoms with van der Waals surface area (Å²) in [7, 11) is 0. The van der Waals surface area contributed by atoms with Gasteiger partial charge in [-0.2, -0.15) is 0 Å². The molecule has 1 unspecified atom stereocenters. The molecule has 0 heterocycles. The molecule has 0 radical (unpaired) electrons. The maximum Gasteiger partial charge on any atom is 0.121 e. The van der Waals surface area contributed by atoms with Gasteiger partial charge in [0.1, 0.15) is 5.84 Å². The fourth-order valence-corrected chi connectivity index (χ4v) is 1.45. The molecule has 0 bridgehead atoms. The Kier molecular flexibility index (Phi) is 10.5. The summed E-state index contributed by atoms with van der Waals surface area (Å²) in [5.41, 5.74) is 13.5. The topological polar surface area (TPSA) is 97.2 Å². The van der Waals surface area contributed by atoms with Crippen LogP contribution < -0.4 is 16.8 Å². The first kappa shape index (κ1) is 19.6. The smallest absolute Gasteiger partial charge is 0.121 e. The van der Waals surface area contributed by atoms with Crippen molar-refractivity contribution in [3.8, 4) is 0 Å². The normalized spacial score (nSPS) is 14.8. The lowest BCUT2D eigenvalue weighted by Crippen LogP contribution is -2.28. The third-order valence-corrected chi connectivity index (χ3v) is 2.75. The van der Waals surface area contributed by atoms with Crippen LogP contribution in [-0.2, 0) is 4.74 Å². The largest absolute Gasteiger partial charge is 0.379 e. The second-order valence-corrected chi connectivity index (χ2v) is 5.41. The van der Waals surface area contributed by atoms with Crippen molar-refractivity contribution in [2.75, 3.05) is 19.8 Å². The summed E-state index contributed by atoms with van der Waals surface area (Å²) in [6.07, 6.45) is 7.18. The maximum atomic E-state index is 7.78. The highest BCUT2D eigenvalue weighted by Crippen LogP contribution is 2.04. The number of nitrogens with two attached hydrogens (primary N) is 2. The summed E-state index contributed by atoms with van der Waals surface area (Å²) >= 11 is 0. The predicted molar refractivity (Wildman–Crippen MR) is 90.2 cm³/mol. The summed E-state index contributed by atoms with van der Waals surface area (Å²) in [5.74, 6) is 0.786. The van der Waals surface area contributed by atoms with Gasteiger partial charge in [-0.05, 0) is 37.0 Å².